The summed E-state index contributed by atoms with van der Waals surface area (Å²) < 4.78 is 0. The zero-order valence-electron chi connectivity index (χ0n) is 10.4. The van der Waals surface area contributed by atoms with Crippen LogP contribution in [0.15, 0.2) is 18.2 Å². The van der Waals surface area contributed by atoms with Gasteiger partial charge in [0.25, 0.3) is 0 Å². The van der Waals surface area contributed by atoms with Crippen LogP contribution in [-0.4, -0.2) is 11.1 Å². The molecule has 2 aliphatic carbocycles. The lowest BCUT2D eigenvalue weighted by Crippen LogP contribution is -2.25. The first kappa shape index (κ1) is 10.8. The molecule has 1 saturated carbocycles. The number of aryl methyl sites for hydroxylation is 2. The highest BCUT2D eigenvalue weighted by atomic mass is 16.4. The number of carboxylic acid groups (broad SMARTS) is 1. The lowest BCUT2D eigenvalue weighted by atomic mass is 9.86. The molecule has 1 aromatic carbocycles. The van der Waals surface area contributed by atoms with Crippen molar-refractivity contribution >= 4 is 5.97 Å². The van der Waals surface area contributed by atoms with Crippen molar-refractivity contribution < 1.29 is 9.90 Å². The summed E-state index contributed by atoms with van der Waals surface area (Å²) in [6.45, 7) is 4.10. The van der Waals surface area contributed by atoms with Gasteiger partial charge in [-0.3, -0.25) is 4.79 Å². The number of fused-ring (bicyclic) bond motifs is 1. The molecule has 1 fully saturated rings. The molecule has 2 aliphatic rings. The summed E-state index contributed by atoms with van der Waals surface area (Å²) in [5.74, 6) is -0.666. The van der Waals surface area contributed by atoms with Gasteiger partial charge in [0.1, 0.15) is 0 Å². The van der Waals surface area contributed by atoms with E-state index in [2.05, 4.69) is 12.1 Å². The van der Waals surface area contributed by atoms with E-state index in [4.69, 9.17) is 0 Å². The van der Waals surface area contributed by atoms with Crippen LogP contribution < -0.4 is 0 Å². The Morgan fingerprint density at radius 3 is 2.47 bits per heavy atom. The second-order valence-electron chi connectivity index (χ2n) is 6.11. The average molecular weight is 230 g/mol. The molecule has 0 bridgehead atoms. The van der Waals surface area contributed by atoms with Crippen LogP contribution in [0.2, 0.25) is 0 Å². The largest absolute Gasteiger partial charge is 0.481 e. The summed E-state index contributed by atoms with van der Waals surface area (Å²) in [7, 11) is 0. The lowest BCUT2D eigenvalue weighted by Gasteiger charge is -2.17. The van der Waals surface area contributed by atoms with Crippen LogP contribution in [-0.2, 0) is 23.1 Å². The zero-order chi connectivity index (χ0) is 12.3. The van der Waals surface area contributed by atoms with E-state index >= 15 is 0 Å². The van der Waals surface area contributed by atoms with Gasteiger partial charge in [-0.15, -0.1) is 0 Å². The third-order valence-electron chi connectivity index (χ3n) is 4.69. The Labute approximate surface area is 102 Å². The van der Waals surface area contributed by atoms with E-state index in [1.54, 1.807) is 0 Å². The van der Waals surface area contributed by atoms with Crippen molar-refractivity contribution in [3.05, 3.63) is 34.9 Å². The maximum atomic E-state index is 11.6. The van der Waals surface area contributed by atoms with Crippen molar-refractivity contribution in [2.24, 2.45) is 5.41 Å². The highest BCUT2D eigenvalue weighted by molar-refractivity contribution is 5.87. The summed E-state index contributed by atoms with van der Waals surface area (Å²) in [5, 5.41) is 9.54. The van der Waals surface area contributed by atoms with Crippen molar-refractivity contribution in [1.29, 1.82) is 0 Å². The molecule has 1 aromatic rings. The lowest BCUT2D eigenvalue weighted by molar-refractivity contribution is -0.141. The zero-order valence-corrected chi connectivity index (χ0v) is 10.4. The van der Waals surface area contributed by atoms with Crippen LogP contribution in [0.4, 0.5) is 0 Å². The van der Waals surface area contributed by atoms with Gasteiger partial charge >= 0.3 is 5.97 Å². The molecule has 1 N–H and O–H groups in total. The minimum absolute atomic E-state index is 0.105. The molecular formula is C15H18O2. The van der Waals surface area contributed by atoms with Crippen LogP contribution in [0, 0.1) is 5.41 Å². The molecule has 1 atom stereocenters. The predicted molar refractivity (Wildman–Crippen MR) is 66.2 cm³/mol. The average Bonchev–Trinajstić information content (AvgIpc) is 2.67. The van der Waals surface area contributed by atoms with Crippen LogP contribution in [0.1, 0.15) is 43.4 Å². The van der Waals surface area contributed by atoms with E-state index in [9.17, 15) is 9.90 Å². The molecule has 2 nitrogen and oxygen atoms in total. The Balaban J connectivity index is 2.08. The second-order valence-corrected chi connectivity index (χ2v) is 6.11. The standard InChI is InChI=1S/C15H18O2/c1-14(2)9-15(14,13(16)17)12-7-6-10-4-3-5-11(10)8-12/h6-8H,3-5,9H2,1-2H3,(H,16,17). The molecule has 3 rings (SSSR count). The number of benzene rings is 1. The predicted octanol–water partition coefficient (Wildman–Crippen LogP) is 2.93. The van der Waals surface area contributed by atoms with Crippen LogP contribution in [0.25, 0.3) is 0 Å². The molecular weight excluding hydrogens is 212 g/mol. The fourth-order valence-electron chi connectivity index (χ4n) is 3.44. The number of rotatable bonds is 2. The van der Waals surface area contributed by atoms with Gasteiger partial charge in [-0.05, 0) is 47.8 Å². The van der Waals surface area contributed by atoms with Crippen molar-refractivity contribution in [3.8, 4) is 0 Å². The Bertz CT molecular complexity index is 502. The van der Waals surface area contributed by atoms with Crippen molar-refractivity contribution in [3.63, 3.8) is 0 Å². The van der Waals surface area contributed by atoms with Gasteiger partial charge < -0.3 is 5.11 Å². The molecule has 0 saturated heterocycles. The van der Waals surface area contributed by atoms with E-state index in [0.29, 0.717) is 0 Å². The Morgan fingerprint density at radius 2 is 1.88 bits per heavy atom. The topological polar surface area (TPSA) is 37.3 Å². The molecule has 17 heavy (non-hydrogen) atoms. The molecule has 0 amide bonds. The third-order valence-corrected chi connectivity index (χ3v) is 4.69. The van der Waals surface area contributed by atoms with E-state index in [-0.39, 0.29) is 5.41 Å². The highest BCUT2D eigenvalue weighted by Gasteiger charge is 2.67. The SMILES string of the molecule is CC1(C)CC1(C(=O)O)c1ccc2c(c1)CCC2. The number of hydrogen-bond donors (Lipinski definition) is 1. The third kappa shape index (κ3) is 1.30. The van der Waals surface area contributed by atoms with Crippen LogP contribution >= 0.6 is 0 Å². The fourth-order valence-corrected chi connectivity index (χ4v) is 3.44. The molecule has 1 unspecified atom stereocenters. The minimum atomic E-state index is -0.666. The number of carboxylic acids is 1. The number of carbonyl (C=O) groups is 1. The quantitative estimate of drug-likeness (QED) is 0.848. The van der Waals surface area contributed by atoms with Gasteiger partial charge in [-0.2, -0.15) is 0 Å². The van der Waals surface area contributed by atoms with Crippen molar-refractivity contribution in [2.45, 2.75) is 44.9 Å². The normalized spacial score (nSPS) is 28.8. The highest BCUT2D eigenvalue weighted by Crippen LogP contribution is 2.64. The van der Waals surface area contributed by atoms with E-state index in [0.717, 1.165) is 24.8 Å². The molecule has 0 aromatic heterocycles. The van der Waals surface area contributed by atoms with Crippen LogP contribution in [0.5, 0.6) is 0 Å². The molecule has 90 valence electrons. The van der Waals surface area contributed by atoms with Crippen molar-refractivity contribution in [2.75, 3.05) is 0 Å². The summed E-state index contributed by atoms with van der Waals surface area (Å²) in [5.41, 5.74) is 3.05. The van der Waals surface area contributed by atoms with Crippen molar-refractivity contribution in [1.82, 2.24) is 0 Å². The number of hydrogen-bond acceptors (Lipinski definition) is 1. The Kier molecular flexibility index (Phi) is 1.99. The first-order chi connectivity index (χ1) is 7.97. The summed E-state index contributed by atoms with van der Waals surface area (Å²) in [6.07, 6.45) is 4.23. The Morgan fingerprint density at radius 1 is 1.24 bits per heavy atom. The molecule has 2 heteroatoms. The maximum absolute atomic E-state index is 11.6. The monoisotopic (exact) mass is 230 g/mol. The fraction of sp³-hybridized carbons (Fsp3) is 0.533. The smallest absolute Gasteiger partial charge is 0.314 e. The van der Waals surface area contributed by atoms with Gasteiger partial charge in [0, 0.05) is 0 Å². The van der Waals surface area contributed by atoms with Gasteiger partial charge in [-0.1, -0.05) is 32.0 Å². The molecule has 0 heterocycles. The van der Waals surface area contributed by atoms with E-state index in [1.807, 2.05) is 19.9 Å². The second kappa shape index (κ2) is 3.12. The first-order valence-corrected chi connectivity index (χ1v) is 6.33. The summed E-state index contributed by atoms with van der Waals surface area (Å²) >= 11 is 0. The molecule has 0 radical (unpaired) electrons. The Hall–Kier alpha value is -1.31. The van der Waals surface area contributed by atoms with E-state index in [1.165, 1.54) is 17.5 Å². The van der Waals surface area contributed by atoms with Crippen LogP contribution in [0.3, 0.4) is 0 Å². The first-order valence-electron chi connectivity index (χ1n) is 6.33. The van der Waals surface area contributed by atoms with Gasteiger partial charge in [0.05, 0.1) is 5.41 Å². The summed E-state index contributed by atoms with van der Waals surface area (Å²) in [4.78, 5) is 11.6. The molecule has 0 spiro atoms. The maximum Gasteiger partial charge on any atom is 0.314 e. The van der Waals surface area contributed by atoms with Gasteiger partial charge in [-0.25, -0.2) is 0 Å². The number of aliphatic carboxylic acids is 1. The minimum Gasteiger partial charge on any atom is -0.481 e. The molecule has 0 aliphatic heterocycles. The van der Waals surface area contributed by atoms with Gasteiger partial charge in [0.15, 0.2) is 0 Å². The van der Waals surface area contributed by atoms with E-state index < -0.39 is 11.4 Å². The van der Waals surface area contributed by atoms with Gasteiger partial charge in [0.2, 0.25) is 0 Å². The summed E-state index contributed by atoms with van der Waals surface area (Å²) in [6, 6.07) is 6.31.